The summed E-state index contributed by atoms with van der Waals surface area (Å²) in [6.07, 6.45) is 0.412. The summed E-state index contributed by atoms with van der Waals surface area (Å²) in [5.41, 5.74) is 3.05. The first-order valence-electron chi connectivity index (χ1n) is 9.08. The van der Waals surface area contributed by atoms with Crippen LogP contribution in [0.5, 0.6) is 0 Å². The number of nitrogens with zero attached hydrogens (tertiary/aromatic N) is 1. The number of hydrogen-bond acceptors (Lipinski definition) is 2. The molecule has 1 aliphatic rings. The maximum atomic E-state index is 13.8. The molecule has 1 atom stereocenters. The van der Waals surface area contributed by atoms with Crippen molar-refractivity contribution in [2.75, 3.05) is 10.2 Å². The van der Waals surface area contributed by atoms with Gasteiger partial charge in [0.05, 0.1) is 0 Å². The van der Waals surface area contributed by atoms with Crippen LogP contribution in [0.1, 0.15) is 21.5 Å². The fourth-order valence-electron chi connectivity index (χ4n) is 3.46. The minimum Gasteiger partial charge on any atom is -0.324 e. The normalized spacial score (nSPS) is 15.2. The fourth-order valence-corrected chi connectivity index (χ4v) is 3.46. The van der Waals surface area contributed by atoms with Gasteiger partial charge in [0.15, 0.2) is 0 Å². The van der Waals surface area contributed by atoms with Crippen LogP contribution in [0.2, 0.25) is 0 Å². The molecule has 3 aromatic carbocycles. The lowest BCUT2D eigenvalue weighted by molar-refractivity contribution is -0.117. The van der Waals surface area contributed by atoms with Gasteiger partial charge in [0.2, 0.25) is 5.91 Å². The summed E-state index contributed by atoms with van der Waals surface area (Å²) in [5.74, 6) is -0.964. The molecular weight excluding hydrogens is 355 g/mol. The molecule has 0 spiro atoms. The van der Waals surface area contributed by atoms with Crippen molar-refractivity contribution in [2.45, 2.75) is 19.4 Å². The van der Waals surface area contributed by atoms with Crippen LogP contribution in [0, 0.1) is 12.7 Å². The topological polar surface area (TPSA) is 49.4 Å². The summed E-state index contributed by atoms with van der Waals surface area (Å²) in [5, 5.41) is 2.75. The average Bonchev–Trinajstić information content (AvgIpc) is 3.10. The number of amides is 2. The zero-order chi connectivity index (χ0) is 19.7. The van der Waals surface area contributed by atoms with Crippen LogP contribution in [0.15, 0.2) is 72.8 Å². The molecule has 5 heteroatoms. The van der Waals surface area contributed by atoms with Gasteiger partial charge >= 0.3 is 0 Å². The standard InChI is InChI=1S/C23H19FN2O2/c1-15-11-12-18(14-19(15)24)25-22(27)21-13-17-9-5-6-10-20(17)26(21)23(28)16-7-3-2-4-8-16/h2-12,14,21H,13H2,1H3,(H,25,27). The molecule has 140 valence electrons. The van der Waals surface area contributed by atoms with Crippen LogP contribution >= 0.6 is 0 Å². The van der Waals surface area contributed by atoms with Crippen molar-refractivity contribution in [3.05, 3.63) is 95.3 Å². The van der Waals surface area contributed by atoms with Crippen LogP contribution in [0.4, 0.5) is 15.8 Å². The Hall–Kier alpha value is -3.47. The third kappa shape index (κ3) is 3.27. The molecule has 28 heavy (non-hydrogen) atoms. The fraction of sp³-hybridized carbons (Fsp3) is 0.130. The number of hydrogen-bond donors (Lipinski definition) is 1. The van der Waals surface area contributed by atoms with Gasteiger partial charge in [-0.3, -0.25) is 14.5 Å². The second kappa shape index (κ2) is 7.27. The Kier molecular flexibility index (Phi) is 4.65. The lowest BCUT2D eigenvalue weighted by Crippen LogP contribution is -2.45. The van der Waals surface area contributed by atoms with Crippen molar-refractivity contribution in [1.82, 2.24) is 0 Å². The first kappa shape index (κ1) is 17.9. The number of halogens is 1. The Morgan fingerprint density at radius 1 is 1.00 bits per heavy atom. The van der Waals surface area contributed by atoms with Gasteiger partial charge in [-0.2, -0.15) is 0 Å². The summed E-state index contributed by atoms with van der Waals surface area (Å²) in [7, 11) is 0. The summed E-state index contributed by atoms with van der Waals surface area (Å²) in [6, 6.07) is 20.2. The van der Waals surface area contributed by atoms with Crippen LogP contribution in [0.25, 0.3) is 0 Å². The molecule has 0 aliphatic carbocycles. The highest BCUT2D eigenvalue weighted by Crippen LogP contribution is 2.34. The Morgan fingerprint density at radius 2 is 1.71 bits per heavy atom. The second-order valence-corrected chi connectivity index (χ2v) is 6.84. The number of carbonyl (C=O) groups is 2. The van der Waals surface area contributed by atoms with Crippen molar-refractivity contribution < 1.29 is 14.0 Å². The van der Waals surface area contributed by atoms with Crippen LogP contribution in [-0.2, 0) is 11.2 Å². The highest BCUT2D eigenvalue weighted by atomic mass is 19.1. The van der Waals surface area contributed by atoms with E-state index in [2.05, 4.69) is 5.32 Å². The predicted molar refractivity (Wildman–Crippen MR) is 107 cm³/mol. The molecule has 2 amide bonds. The number of carbonyl (C=O) groups excluding carboxylic acids is 2. The molecule has 4 rings (SSSR count). The maximum Gasteiger partial charge on any atom is 0.259 e. The van der Waals surface area contributed by atoms with Gasteiger partial charge in [-0.1, -0.05) is 42.5 Å². The number of aryl methyl sites for hydroxylation is 1. The van der Waals surface area contributed by atoms with Crippen LogP contribution in [0.3, 0.4) is 0 Å². The number of fused-ring (bicyclic) bond motifs is 1. The lowest BCUT2D eigenvalue weighted by Gasteiger charge is -2.25. The summed E-state index contributed by atoms with van der Waals surface area (Å²) in [6.45, 7) is 1.66. The molecule has 0 bridgehead atoms. The molecule has 0 saturated heterocycles. The van der Waals surface area contributed by atoms with Gasteiger partial charge in [-0.25, -0.2) is 4.39 Å². The van der Waals surface area contributed by atoms with E-state index in [-0.39, 0.29) is 17.6 Å². The minimum atomic E-state index is -0.700. The Bertz CT molecular complexity index is 1050. The van der Waals surface area contributed by atoms with E-state index in [1.807, 2.05) is 30.3 Å². The largest absolute Gasteiger partial charge is 0.324 e. The molecule has 1 aliphatic heterocycles. The number of nitrogens with one attached hydrogen (secondary N) is 1. The first-order valence-corrected chi connectivity index (χ1v) is 9.08. The Labute approximate surface area is 162 Å². The molecule has 3 aromatic rings. The third-order valence-corrected chi connectivity index (χ3v) is 4.96. The molecule has 1 N–H and O–H groups in total. The molecule has 0 aromatic heterocycles. The van der Waals surface area contributed by atoms with Gasteiger partial charge in [-0.05, 0) is 48.4 Å². The van der Waals surface area contributed by atoms with E-state index < -0.39 is 6.04 Å². The van der Waals surface area contributed by atoms with Crippen LogP contribution < -0.4 is 10.2 Å². The van der Waals surface area contributed by atoms with Crippen molar-refractivity contribution in [2.24, 2.45) is 0 Å². The van der Waals surface area contributed by atoms with Gasteiger partial charge in [0, 0.05) is 23.4 Å². The molecule has 4 nitrogen and oxygen atoms in total. The van der Waals surface area contributed by atoms with Gasteiger partial charge in [0.25, 0.3) is 5.91 Å². The van der Waals surface area contributed by atoms with Gasteiger partial charge in [-0.15, -0.1) is 0 Å². The second-order valence-electron chi connectivity index (χ2n) is 6.84. The number of rotatable bonds is 3. The first-order chi connectivity index (χ1) is 13.5. The van der Waals surface area contributed by atoms with Gasteiger partial charge in [0.1, 0.15) is 11.9 Å². The zero-order valence-corrected chi connectivity index (χ0v) is 15.4. The zero-order valence-electron chi connectivity index (χ0n) is 15.4. The highest BCUT2D eigenvalue weighted by Gasteiger charge is 2.38. The summed E-state index contributed by atoms with van der Waals surface area (Å²) in [4.78, 5) is 27.7. The van der Waals surface area contributed by atoms with E-state index in [1.165, 1.54) is 11.0 Å². The summed E-state index contributed by atoms with van der Waals surface area (Å²) < 4.78 is 13.8. The summed E-state index contributed by atoms with van der Waals surface area (Å²) >= 11 is 0. The maximum absolute atomic E-state index is 13.8. The molecule has 0 fully saturated rings. The third-order valence-electron chi connectivity index (χ3n) is 4.96. The van der Waals surface area contributed by atoms with E-state index in [0.717, 1.165) is 11.3 Å². The van der Waals surface area contributed by atoms with Crippen molar-refractivity contribution in [3.8, 4) is 0 Å². The molecule has 0 saturated carbocycles. The smallest absolute Gasteiger partial charge is 0.259 e. The SMILES string of the molecule is Cc1ccc(NC(=O)C2Cc3ccccc3N2C(=O)c2ccccc2)cc1F. The van der Waals surface area contributed by atoms with E-state index >= 15 is 0 Å². The van der Waals surface area contributed by atoms with Crippen molar-refractivity contribution in [3.63, 3.8) is 0 Å². The predicted octanol–water partition coefficient (Wildman–Crippen LogP) is 4.34. The minimum absolute atomic E-state index is 0.235. The number of anilines is 2. The van der Waals surface area contributed by atoms with E-state index in [4.69, 9.17) is 0 Å². The molecular formula is C23H19FN2O2. The van der Waals surface area contributed by atoms with Gasteiger partial charge < -0.3 is 5.32 Å². The Balaban J connectivity index is 1.66. The molecule has 1 heterocycles. The van der Waals surface area contributed by atoms with E-state index in [9.17, 15) is 14.0 Å². The Morgan fingerprint density at radius 3 is 2.46 bits per heavy atom. The monoisotopic (exact) mass is 374 g/mol. The number of para-hydroxylation sites is 1. The number of benzene rings is 3. The average molecular weight is 374 g/mol. The van der Waals surface area contributed by atoms with Crippen molar-refractivity contribution >= 4 is 23.2 Å². The highest BCUT2D eigenvalue weighted by molar-refractivity contribution is 6.13. The quantitative estimate of drug-likeness (QED) is 0.741. The molecule has 1 unspecified atom stereocenters. The lowest BCUT2D eigenvalue weighted by atomic mass is 10.1. The van der Waals surface area contributed by atoms with Crippen molar-refractivity contribution in [1.29, 1.82) is 0 Å². The molecule has 0 radical (unpaired) electrons. The van der Waals surface area contributed by atoms with Crippen LogP contribution in [-0.4, -0.2) is 17.9 Å². The van der Waals surface area contributed by atoms with E-state index in [1.54, 1.807) is 43.3 Å². The van der Waals surface area contributed by atoms with E-state index in [0.29, 0.717) is 23.2 Å².